The molecule has 0 aliphatic carbocycles. The van der Waals surface area contributed by atoms with Crippen LogP contribution < -0.4 is 11.1 Å². The molecule has 1 atom stereocenters. The maximum atomic E-state index is 5.91. The third-order valence-electron chi connectivity index (χ3n) is 2.31. The van der Waals surface area contributed by atoms with E-state index in [1.165, 1.54) is 0 Å². The Hall–Kier alpha value is -1.22. The summed E-state index contributed by atoms with van der Waals surface area (Å²) >= 11 is 0. The summed E-state index contributed by atoms with van der Waals surface area (Å²) in [6.07, 6.45) is 0.190. The van der Waals surface area contributed by atoms with Gasteiger partial charge in [0.15, 0.2) is 0 Å². The van der Waals surface area contributed by atoms with E-state index < -0.39 is 0 Å². The highest BCUT2D eigenvalue weighted by atomic mass is 16.5. The Morgan fingerprint density at radius 1 is 1.50 bits per heavy atom. The highest BCUT2D eigenvalue weighted by Gasteiger charge is 2.02. The quantitative estimate of drug-likeness (QED) is 0.721. The predicted molar refractivity (Wildman–Crippen MR) is 60.6 cm³/mol. The average molecular weight is 194 g/mol. The molecule has 0 saturated carbocycles. The highest BCUT2D eigenvalue weighted by molar-refractivity contribution is 5.69. The largest absolute Gasteiger partial charge is 0.397 e. The second-order valence-electron chi connectivity index (χ2n) is 3.46. The number of anilines is 2. The van der Waals surface area contributed by atoms with E-state index in [1.54, 1.807) is 7.11 Å². The van der Waals surface area contributed by atoms with Crippen molar-refractivity contribution in [1.82, 2.24) is 0 Å². The first-order valence-electron chi connectivity index (χ1n) is 4.77. The minimum Gasteiger partial charge on any atom is -0.397 e. The lowest BCUT2D eigenvalue weighted by Crippen LogP contribution is -2.18. The number of nitrogen functional groups attached to an aromatic ring is 1. The molecule has 0 spiro atoms. The summed E-state index contributed by atoms with van der Waals surface area (Å²) in [6.45, 7) is 4.78. The Morgan fingerprint density at radius 2 is 2.21 bits per heavy atom. The molecule has 78 valence electrons. The van der Waals surface area contributed by atoms with E-state index in [9.17, 15) is 0 Å². The van der Waals surface area contributed by atoms with Gasteiger partial charge >= 0.3 is 0 Å². The monoisotopic (exact) mass is 194 g/mol. The van der Waals surface area contributed by atoms with Crippen molar-refractivity contribution in [1.29, 1.82) is 0 Å². The van der Waals surface area contributed by atoms with Crippen LogP contribution in [0.15, 0.2) is 18.2 Å². The zero-order valence-electron chi connectivity index (χ0n) is 9.00. The van der Waals surface area contributed by atoms with Gasteiger partial charge in [-0.1, -0.05) is 12.1 Å². The van der Waals surface area contributed by atoms with E-state index in [0.717, 1.165) is 23.5 Å². The van der Waals surface area contributed by atoms with Crippen molar-refractivity contribution in [2.75, 3.05) is 24.7 Å². The number of nitrogens with one attached hydrogen (secondary N) is 1. The van der Waals surface area contributed by atoms with Crippen LogP contribution in [0.3, 0.4) is 0 Å². The zero-order chi connectivity index (χ0) is 10.6. The van der Waals surface area contributed by atoms with Gasteiger partial charge in [0.1, 0.15) is 0 Å². The fourth-order valence-electron chi connectivity index (χ4n) is 1.17. The van der Waals surface area contributed by atoms with Crippen LogP contribution in [-0.2, 0) is 4.74 Å². The van der Waals surface area contributed by atoms with Gasteiger partial charge in [0.2, 0.25) is 0 Å². The van der Waals surface area contributed by atoms with Crippen LogP contribution in [0.5, 0.6) is 0 Å². The average Bonchev–Trinajstić information content (AvgIpc) is 2.20. The highest BCUT2D eigenvalue weighted by Crippen LogP contribution is 2.21. The van der Waals surface area contributed by atoms with Crippen molar-refractivity contribution in [2.24, 2.45) is 0 Å². The summed E-state index contributed by atoms with van der Waals surface area (Å²) in [4.78, 5) is 0. The summed E-state index contributed by atoms with van der Waals surface area (Å²) in [5, 5.41) is 3.25. The normalized spacial score (nSPS) is 12.5. The molecule has 0 aliphatic heterocycles. The fraction of sp³-hybridized carbons (Fsp3) is 0.455. The SMILES string of the molecule is COC(C)CNc1cccc(C)c1N. The van der Waals surface area contributed by atoms with Crippen LogP contribution in [-0.4, -0.2) is 19.8 Å². The van der Waals surface area contributed by atoms with Crippen molar-refractivity contribution in [3.05, 3.63) is 23.8 Å². The van der Waals surface area contributed by atoms with Crippen molar-refractivity contribution >= 4 is 11.4 Å². The van der Waals surface area contributed by atoms with E-state index in [0.29, 0.717) is 0 Å². The number of hydrogen-bond donors (Lipinski definition) is 2. The first kappa shape index (κ1) is 10.9. The van der Waals surface area contributed by atoms with E-state index in [-0.39, 0.29) is 6.10 Å². The number of nitrogens with two attached hydrogens (primary N) is 1. The van der Waals surface area contributed by atoms with Gasteiger partial charge in [-0.15, -0.1) is 0 Å². The Bertz CT molecular complexity index is 299. The second kappa shape index (κ2) is 4.86. The molecule has 14 heavy (non-hydrogen) atoms. The third-order valence-corrected chi connectivity index (χ3v) is 2.31. The molecule has 1 rings (SSSR count). The summed E-state index contributed by atoms with van der Waals surface area (Å²) in [5.41, 5.74) is 8.80. The van der Waals surface area contributed by atoms with E-state index in [2.05, 4.69) is 5.32 Å². The van der Waals surface area contributed by atoms with Crippen LogP contribution in [0, 0.1) is 6.92 Å². The van der Waals surface area contributed by atoms with Crippen LogP contribution in [0.25, 0.3) is 0 Å². The summed E-state index contributed by atoms with van der Waals surface area (Å²) in [7, 11) is 1.70. The minimum absolute atomic E-state index is 0.190. The van der Waals surface area contributed by atoms with Crippen LogP contribution in [0.4, 0.5) is 11.4 Å². The smallest absolute Gasteiger partial charge is 0.0715 e. The molecule has 1 unspecified atom stereocenters. The molecule has 3 nitrogen and oxygen atoms in total. The first-order chi connectivity index (χ1) is 6.65. The lowest BCUT2D eigenvalue weighted by atomic mass is 10.1. The van der Waals surface area contributed by atoms with Gasteiger partial charge in [0.05, 0.1) is 17.5 Å². The number of para-hydroxylation sites is 1. The van der Waals surface area contributed by atoms with Gasteiger partial charge in [-0.2, -0.15) is 0 Å². The van der Waals surface area contributed by atoms with Crippen LogP contribution in [0.2, 0.25) is 0 Å². The molecule has 3 N–H and O–H groups in total. The molecule has 0 aliphatic rings. The molecule has 1 aromatic rings. The topological polar surface area (TPSA) is 47.3 Å². The second-order valence-corrected chi connectivity index (χ2v) is 3.46. The Balaban J connectivity index is 2.63. The van der Waals surface area contributed by atoms with Gasteiger partial charge in [-0.05, 0) is 25.5 Å². The van der Waals surface area contributed by atoms with Crippen LogP contribution >= 0.6 is 0 Å². The number of ether oxygens (including phenoxy) is 1. The van der Waals surface area contributed by atoms with Gasteiger partial charge in [0.25, 0.3) is 0 Å². The van der Waals surface area contributed by atoms with Crippen LogP contribution in [0.1, 0.15) is 12.5 Å². The molecule has 0 fully saturated rings. The molecule has 0 radical (unpaired) electrons. The van der Waals surface area contributed by atoms with E-state index in [1.807, 2.05) is 32.0 Å². The van der Waals surface area contributed by atoms with Gasteiger partial charge in [-0.25, -0.2) is 0 Å². The van der Waals surface area contributed by atoms with Gasteiger partial charge in [0, 0.05) is 13.7 Å². The van der Waals surface area contributed by atoms with Crippen molar-refractivity contribution < 1.29 is 4.74 Å². The van der Waals surface area contributed by atoms with Crippen molar-refractivity contribution in [2.45, 2.75) is 20.0 Å². The molecule has 1 aromatic carbocycles. The molecule has 0 heterocycles. The number of rotatable bonds is 4. The molecule has 0 bridgehead atoms. The predicted octanol–water partition coefficient (Wildman–Crippen LogP) is 2.02. The number of hydrogen-bond acceptors (Lipinski definition) is 3. The van der Waals surface area contributed by atoms with Gasteiger partial charge in [-0.3, -0.25) is 0 Å². The standard InChI is InChI=1S/C11H18N2O/c1-8-5-4-6-10(11(8)12)13-7-9(2)14-3/h4-6,9,13H,7,12H2,1-3H3. The molecule has 3 heteroatoms. The summed E-state index contributed by atoms with van der Waals surface area (Å²) in [5.74, 6) is 0. The molecule has 0 saturated heterocycles. The zero-order valence-corrected chi connectivity index (χ0v) is 9.00. The maximum absolute atomic E-state index is 5.91. The number of methoxy groups -OCH3 is 1. The molecule has 0 amide bonds. The lowest BCUT2D eigenvalue weighted by molar-refractivity contribution is 0.129. The summed E-state index contributed by atoms with van der Waals surface area (Å²) in [6, 6.07) is 5.97. The Labute approximate surface area is 85.3 Å². The van der Waals surface area contributed by atoms with Crippen molar-refractivity contribution in [3.8, 4) is 0 Å². The Kier molecular flexibility index (Phi) is 3.77. The minimum atomic E-state index is 0.190. The summed E-state index contributed by atoms with van der Waals surface area (Å²) < 4.78 is 5.14. The molecular formula is C11H18N2O. The number of aryl methyl sites for hydroxylation is 1. The number of benzene rings is 1. The van der Waals surface area contributed by atoms with Gasteiger partial charge < -0.3 is 15.8 Å². The molecule has 0 aromatic heterocycles. The maximum Gasteiger partial charge on any atom is 0.0715 e. The lowest BCUT2D eigenvalue weighted by Gasteiger charge is -2.14. The third kappa shape index (κ3) is 2.64. The first-order valence-corrected chi connectivity index (χ1v) is 4.77. The van der Waals surface area contributed by atoms with E-state index in [4.69, 9.17) is 10.5 Å². The van der Waals surface area contributed by atoms with E-state index >= 15 is 0 Å². The fourth-order valence-corrected chi connectivity index (χ4v) is 1.17. The van der Waals surface area contributed by atoms with Crippen molar-refractivity contribution in [3.63, 3.8) is 0 Å². The Morgan fingerprint density at radius 3 is 2.86 bits per heavy atom. The molecular weight excluding hydrogens is 176 g/mol.